The molecule has 1 saturated heterocycles. The third-order valence-electron chi connectivity index (χ3n) is 5.45. The number of nitrogens with zero attached hydrogens (tertiary/aromatic N) is 1. The smallest absolute Gasteiger partial charge is 0.244 e. The molecule has 1 atom stereocenters. The first-order chi connectivity index (χ1) is 12.5. The maximum atomic E-state index is 12.9. The minimum atomic E-state index is -0.524. The number of anilines is 1. The number of fused-ring (bicyclic) bond motifs is 1. The number of likely N-dealkylation sites (tertiary alicyclic amines) is 1. The van der Waals surface area contributed by atoms with Crippen LogP contribution in [0.5, 0.6) is 5.75 Å². The summed E-state index contributed by atoms with van der Waals surface area (Å²) in [4.78, 5) is 15.1. The highest BCUT2D eigenvalue weighted by Gasteiger charge is 2.46. The number of rotatable bonds is 4. The summed E-state index contributed by atoms with van der Waals surface area (Å²) in [6.07, 6.45) is 0.832. The fraction of sp³-hybridized carbons (Fsp3) is 0.286. The van der Waals surface area contributed by atoms with Crippen LogP contribution in [0.2, 0.25) is 0 Å². The van der Waals surface area contributed by atoms with Gasteiger partial charge in [-0.15, -0.1) is 11.3 Å². The highest BCUT2D eigenvalue weighted by molar-refractivity contribution is 7.17. The molecule has 4 rings (SSSR count). The molecular formula is C21H22N2O2S. The lowest BCUT2D eigenvalue weighted by Gasteiger charge is -2.49. The SMILES string of the molecule is Cc1ccc(NC(=O)C2(C)CCN2Cc2csc3ccccc23)cc1O. The fourth-order valence-electron chi connectivity index (χ4n) is 3.43. The van der Waals surface area contributed by atoms with Crippen molar-refractivity contribution < 1.29 is 9.90 Å². The molecule has 5 heteroatoms. The second-order valence-electron chi connectivity index (χ2n) is 7.16. The molecule has 134 valence electrons. The van der Waals surface area contributed by atoms with Gasteiger partial charge in [0, 0.05) is 29.5 Å². The standard InChI is InChI=1S/C21H22N2O2S/c1-14-7-8-16(11-18(14)24)22-20(25)21(2)9-10-23(21)12-15-13-26-19-6-4-3-5-17(15)19/h3-8,11,13,24H,9-10,12H2,1-2H3,(H,22,25). The van der Waals surface area contributed by atoms with Crippen molar-refractivity contribution in [3.05, 3.63) is 59.0 Å². The van der Waals surface area contributed by atoms with Gasteiger partial charge in [0.15, 0.2) is 0 Å². The fourth-order valence-corrected chi connectivity index (χ4v) is 4.38. The van der Waals surface area contributed by atoms with Gasteiger partial charge in [0.05, 0.1) is 5.54 Å². The molecule has 4 nitrogen and oxygen atoms in total. The van der Waals surface area contributed by atoms with Crippen LogP contribution in [-0.4, -0.2) is 28.0 Å². The lowest BCUT2D eigenvalue weighted by Crippen LogP contribution is -2.63. The summed E-state index contributed by atoms with van der Waals surface area (Å²) < 4.78 is 1.28. The quantitative estimate of drug-likeness (QED) is 0.714. The van der Waals surface area contributed by atoms with Crippen LogP contribution in [0.25, 0.3) is 10.1 Å². The Labute approximate surface area is 157 Å². The highest BCUT2D eigenvalue weighted by Crippen LogP contribution is 2.36. The zero-order valence-corrected chi connectivity index (χ0v) is 15.8. The van der Waals surface area contributed by atoms with Crippen LogP contribution in [0.1, 0.15) is 24.5 Å². The Morgan fingerprint density at radius 1 is 1.31 bits per heavy atom. The third kappa shape index (κ3) is 2.87. The summed E-state index contributed by atoms with van der Waals surface area (Å²) in [7, 11) is 0. The Kier molecular flexibility index (Phi) is 4.21. The molecule has 0 radical (unpaired) electrons. The molecule has 1 unspecified atom stereocenters. The number of thiophene rings is 1. The summed E-state index contributed by atoms with van der Waals surface area (Å²) in [5.41, 5.74) is 2.18. The number of carbonyl (C=O) groups excluding carboxylic acids is 1. The lowest BCUT2D eigenvalue weighted by atomic mass is 9.85. The number of amides is 1. The second-order valence-corrected chi connectivity index (χ2v) is 8.07. The van der Waals surface area contributed by atoms with Crippen molar-refractivity contribution in [2.75, 3.05) is 11.9 Å². The Bertz CT molecular complexity index is 981. The predicted molar refractivity (Wildman–Crippen MR) is 107 cm³/mol. The van der Waals surface area contributed by atoms with Gasteiger partial charge in [0.1, 0.15) is 5.75 Å². The molecule has 0 bridgehead atoms. The molecule has 2 aromatic carbocycles. The Morgan fingerprint density at radius 3 is 2.85 bits per heavy atom. The van der Waals surface area contributed by atoms with Crippen LogP contribution < -0.4 is 5.32 Å². The maximum Gasteiger partial charge on any atom is 0.244 e. The van der Waals surface area contributed by atoms with E-state index in [0.717, 1.165) is 25.1 Å². The lowest BCUT2D eigenvalue weighted by molar-refractivity contribution is -0.136. The van der Waals surface area contributed by atoms with E-state index in [1.165, 1.54) is 15.6 Å². The van der Waals surface area contributed by atoms with Gasteiger partial charge in [0.25, 0.3) is 0 Å². The van der Waals surface area contributed by atoms with Gasteiger partial charge in [-0.1, -0.05) is 24.3 Å². The van der Waals surface area contributed by atoms with E-state index in [1.807, 2.05) is 26.0 Å². The molecule has 3 aromatic rings. The molecule has 0 spiro atoms. The van der Waals surface area contributed by atoms with Crippen LogP contribution >= 0.6 is 11.3 Å². The van der Waals surface area contributed by atoms with Crippen molar-refractivity contribution in [2.24, 2.45) is 0 Å². The normalized spacial score (nSPS) is 20.1. The molecule has 0 saturated carbocycles. The summed E-state index contributed by atoms with van der Waals surface area (Å²) in [6.45, 7) is 5.51. The zero-order chi connectivity index (χ0) is 18.3. The maximum absolute atomic E-state index is 12.9. The Hall–Kier alpha value is -2.37. The summed E-state index contributed by atoms with van der Waals surface area (Å²) in [6, 6.07) is 13.6. The van der Waals surface area contributed by atoms with E-state index in [4.69, 9.17) is 0 Å². The van der Waals surface area contributed by atoms with E-state index in [2.05, 4.69) is 39.9 Å². The average Bonchev–Trinajstić information content (AvgIpc) is 3.04. The third-order valence-corrected chi connectivity index (χ3v) is 6.46. The van der Waals surface area contributed by atoms with Crippen molar-refractivity contribution in [1.29, 1.82) is 0 Å². The van der Waals surface area contributed by atoms with E-state index in [-0.39, 0.29) is 11.7 Å². The summed E-state index contributed by atoms with van der Waals surface area (Å²) in [5.74, 6) is 0.176. The molecule has 1 aliphatic rings. The molecule has 0 aliphatic carbocycles. The number of aryl methyl sites for hydroxylation is 1. The molecule has 26 heavy (non-hydrogen) atoms. The molecule has 1 fully saturated rings. The first-order valence-electron chi connectivity index (χ1n) is 8.78. The van der Waals surface area contributed by atoms with Crippen molar-refractivity contribution in [3.63, 3.8) is 0 Å². The molecule has 2 heterocycles. The minimum absolute atomic E-state index is 0.0217. The van der Waals surface area contributed by atoms with Gasteiger partial charge in [-0.25, -0.2) is 0 Å². The molecule has 2 N–H and O–H groups in total. The molecule has 1 amide bonds. The predicted octanol–water partition coefficient (Wildman–Crippen LogP) is 4.52. The van der Waals surface area contributed by atoms with Crippen molar-refractivity contribution in [3.8, 4) is 5.75 Å². The number of phenols is 1. The van der Waals surface area contributed by atoms with Crippen LogP contribution in [0.3, 0.4) is 0 Å². The van der Waals surface area contributed by atoms with Crippen LogP contribution in [0.15, 0.2) is 47.8 Å². The number of hydrogen-bond acceptors (Lipinski definition) is 4. The van der Waals surface area contributed by atoms with Crippen LogP contribution in [0.4, 0.5) is 5.69 Å². The average molecular weight is 366 g/mol. The van der Waals surface area contributed by atoms with Gasteiger partial charge in [0.2, 0.25) is 5.91 Å². The number of nitrogens with one attached hydrogen (secondary N) is 1. The number of hydrogen-bond donors (Lipinski definition) is 2. The van der Waals surface area contributed by atoms with Gasteiger partial charge in [-0.2, -0.15) is 0 Å². The number of benzene rings is 2. The summed E-state index contributed by atoms with van der Waals surface area (Å²) >= 11 is 1.75. The van der Waals surface area contributed by atoms with E-state index in [0.29, 0.717) is 5.69 Å². The number of carbonyl (C=O) groups is 1. The largest absolute Gasteiger partial charge is 0.508 e. The molecule has 1 aromatic heterocycles. The summed E-state index contributed by atoms with van der Waals surface area (Å²) in [5, 5.41) is 16.3. The number of aromatic hydroxyl groups is 1. The second kappa shape index (κ2) is 6.41. The van der Waals surface area contributed by atoms with Crippen molar-refractivity contribution in [2.45, 2.75) is 32.4 Å². The minimum Gasteiger partial charge on any atom is -0.508 e. The Morgan fingerprint density at radius 2 is 2.12 bits per heavy atom. The van der Waals surface area contributed by atoms with Crippen LogP contribution in [0, 0.1) is 6.92 Å². The van der Waals surface area contributed by atoms with Crippen molar-refractivity contribution >= 4 is 33.0 Å². The monoisotopic (exact) mass is 366 g/mol. The first kappa shape index (κ1) is 17.1. The van der Waals surface area contributed by atoms with Gasteiger partial charge >= 0.3 is 0 Å². The molecular weight excluding hydrogens is 344 g/mol. The topological polar surface area (TPSA) is 52.6 Å². The first-order valence-corrected chi connectivity index (χ1v) is 9.66. The van der Waals surface area contributed by atoms with Gasteiger partial charge < -0.3 is 10.4 Å². The Balaban J connectivity index is 1.50. The zero-order valence-electron chi connectivity index (χ0n) is 15.0. The molecule has 1 aliphatic heterocycles. The van der Waals surface area contributed by atoms with Crippen LogP contribution in [-0.2, 0) is 11.3 Å². The van der Waals surface area contributed by atoms with Crippen molar-refractivity contribution in [1.82, 2.24) is 4.90 Å². The van der Waals surface area contributed by atoms with E-state index < -0.39 is 5.54 Å². The number of phenolic OH excluding ortho intramolecular Hbond substituents is 1. The van der Waals surface area contributed by atoms with E-state index >= 15 is 0 Å². The van der Waals surface area contributed by atoms with E-state index in [1.54, 1.807) is 17.4 Å². The van der Waals surface area contributed by atoms with E-state index in [9.17, 15) is 9.90 Å². The van der Waals surface area contributed by atoms with Gasteiger partial charge in [-0.05, 0) is 54.3 Å². The highest BCUT2D eigenvalue weighted by atomic mass is 32.1. The van der Waals surface area contributed by atoms with Gasteiger partial charge in [-0.3, -0.25) is 9.69 Å².